The lowest BCUT2D eigenvalue weighted by Crippen LogP contribution is -2.21. The van der Waals surface area contributed by atoms with Crippen LogP contribution >= 0.6 is 27.7 Å². The minimum Gasteiger partial charge on any atom is -0.389 e. The van der Waals surface area contributed by atoms with Crippen molar-refractivity contribution in [1.29, 1.82) is 0 Å². The minimum atomic E-state index is -0.958. The van der Waals surface area contributed by atoms with Crippen molar-refractivity contribution in [2.24, 2.45) is 0 Å². The van der Waals surface area contributed by atoms with Crippen molar-refractivity contribution in [3.8, 4) is 0 Å². The molecule has 0 saturated heterocycles. The smallest absolute Gasteiger partial charge is 0.185 e. The van der Waals surface area contributed by atoms with Gasteiger partial charge in [0, 0.05) is 17.1 Å². The van der Waals surface area contributed by atoms with E-state index < -0.39 is 12.2 Å². The molecule has 0 saturated carbocycles. The van der Waals surface area contributed by atoms with Crippen LogP contribution in [-0.4, -0.2) is 27.2 Å². The lowest BCUT2D eigenvalue weighted by atomic mass is 10.1. The Labute approximate surface area is 107 Å². The van der Waals surface area contributed by atoms with Crippen LogP contribution in [0.5, 0.6) is 0 Å². The van der Waals surface area contributed by atoms with E-state index in [2.05, 4.69) is 15.9 Å². The molecule has 2 atom stereocenters. The zero-order valence-electron chi connectivity index (χ0n) is 8.76. The summed E-state index contributed by atoms with van der Waals surface area (Å²) in [6.45, 7) is 1.43. The average molecular weight is 305 g/mol. The number of hydrogen-bond acceptors (Lipinski definition) is 4. The molecule has 0 aliphatic rings. The number of benzene rings is 1. The van der Waals surface area contributed by atoms with E-state index in [9.17, 15) is 15.0 Å². The monoisotopic (exact) mass is 304 g/mol. The molecular weight excluding hydrogens is 292 g/mol. The largest absolute Gasteiger partial charge is 0.389 e. The fraction of sp³-hybridized carbons (Fsp3) is 0.364. The number of carbonyl (C=O) groups is 1. The van der Waals surface area contributed by atoms with E-state index in [1.807, 2.05) is 0 Å². The zero-order valence-corrected chi connectivity index (χ0v) is 11.2. The Morgan fingerprint density at radius 1 is 1.38 bits per heavy atom. The molecular formula is C11H13BrO3S. The Hall–Kier alpha value is -0.360. The third-order valence-corrected chi connectivity index (χ3v) is 3.48. The predicted octanol–water partition coefficient (Wildman–Crippen LogP) is 2.12. The molecule has 0 heterocycles. The van der Waals surface area contributed by atoms with E-state index in [4.69, 9.17) is 0 Å². The molecule has 1 aromatic rings. The molecule has 2 unspecified atom stereocenters. The summed E-state index contributed by atoms with van der Waals surface area (Å²) in [5, 5.41) is 19.4. The highest BCUT2D eigenvalue weighted by molar-refractivity contribution is 9.10. The van der Waals surface area contributed by atoms with E-state index >= 15 is 0 Å². The molecule has 0 fully saturated rings. The Kier molecular flexibility index (Phi) is 5.48. The van der Waals surface area contributed by atoms with Gasteiger partial charge < -0.3 is 10.2 Å². The number of hydrogen-bond donors (Lipinski definition) is 2. The molecule has 0 bridgehead atoms. The second kappa shape index (κ2) is 6.39. The van der Waals surface area contributed by atoms with Crippen molar-refractivity contribution >= 4 is 32.8 Å². The highest BCUT2D eigenvalue weighted by Gasteiger charge is 2.18. The number of halogens is 1. The predicted molar refractivity (Wildman–Crippen MR) is 68.2 cm³/mol. The molecule has 0 aliphatic heterocycles. The lowest BCUT2D eigenvalue weighted by molar-refractivity contribution is -0.109. The van der Waals surface area contributed by atoms with Gasteiger partial charge in [0.15, 0.2) is 5.12 Å². The molecule has 2 N–H and O–H groups in total. The normalized spacial score (nSPS) is 14.5. The van der Waals surface area contributed by atoms with E-state index in [0.29, 0.717) is 5.56 Å². The van der Waals surface area contributed by atoms with Gasteiger partial charge in [-0.25, -0.2) is 0 Å². The summed E-state index contributed by atoms with van der Waals surface area (Å²) in [6.07, 6.45) is -1.89. The van der Waals surface area contributed by atoms with Crippen LogP contribution < -0.4 is 0 Å². The summed E-state index contributed by atoms with van der Waals surface area (Å²) < 4.78 is 0.913. The molecule has 16 heavy (non-hydrogen) atoms. The van der Waals surface area contributed by atoms with Gasteiger partial charge in [-0.3, -0.25) is 4.79 Å². The summed E-state index contributed by atoms with van der Waals surface area (Å²) in [4.78, 5) is 10.7. The van der Waals surface area contributed by atoms with Crippen molar-refractivity contribution in [2.75, 3.05) is 5.75 Å². The van der Waals surface area contributed by atoms with E-state index in [1.165, 1.54) is 6.92 Å². The summed E-state index contributed by atoms with van der Waals surface area (Å²) >= 11 is 4.30. The standard InChI is InChI=1S/C11H13BrO3S/c1-7(13)16-6-10(14)11(15)8-2-4-9(12)5-3-8/h2-5,10-11,14-15H,6H2,1H3. The first-order chi connectivity index (χ1) is 7.50. The number of aliphatic hydroxyl groups excluding tert-OH is 2. The maximum absolute atomic E-state index is 10.7. The summed E-state index contributed by atoms with van der Waals surface area (Å²) in [7, 11) is 0. The highest BCUT2D eigenvalue weighted by Crippen LogP contribution is 2.21. The first-order valence-corrected chi connectivity index (χ1v) is 6.53. The van der Waals surface area contributed by atoms with E-state index in [0.717, 1.165) is 16.2 Å². The molecule has 0 aliphatic carbocycles. The van der Waals surface area contributed by atoms with Crippen LogP contribution in [0.3, 0.4) is 0 Å². The molecule has 1 rings (SSSR count). The molecule has 0 aromatic heterocycles. The van der Waals surface area contributed by atoms with Gasteiger partial charge in [-0.2, -0.15) is 0 Å². The first-order valence-electron chi connectivity index (χ1n) is 4.75. The van der Waals surface area contributed by atoms with Gasteiger partial charge in [0.05, 0.1) is 6.10 Å². The highest BCUT2D eigenvalue weighted by atomic mass is 79.9. The van der Waals surface area contributed by atoms with Gasteiger partial charge in [-0.05, 0) is 17.7 Å². The zero-order chi connectivity index (χ0) is 12.1. The molecule has 1 aromatic carbocycles. The Morgan fingerprint density at radius 2 is 1.94 bits per heavy atom. The van der Waals surface area contributed by atoms with Gasteiger partial charge in [0.2, 0.25) is 0 Å². The molecule has 88 valence electrons. The Balaban J connectivity index is 2.59. The van der Waals surface area contributed by atoms with Crippen LogP contribution in [0.2, 0.25) is 0 Å². The number of carbonyl (C=O) groups excluding carboxylic acids is 1. The van der Waals surface area contributed by atoms with Crippen molar-refractivity contribution < 1.29 is 15.0 Å². The van der Waals surface area contributed by atoms with Crippen LogP contribution in [-0.2, 0) is 4.79 Å². The number of aliphatic hydroxyl groups is 2. The van der Waals surface area contributed by atoms with Crippen molar-refractivity contribution in [3.05, 3.63) is 34.3 Å². The van der Waals surface area contributed by atoms with Crippen LogP contribution in [0, 0.1) is 0 Å². The van der Waals surface area contributed by atoms with Crippen molar-refractivity contribution in [2.45, 2.75) is 19.1 Å². The Morgan fingerprint density at radius 3 is 2.44 bits per heavy atom. The summed E-state index contributed by atoms with van der Waals surface area (Å²) in [5.74, 6) is 0.201. The van der Waals surface area contributed by atoms with Crippen LogP contribution in [0.1, 0.15) is 18.6 Å². The van der Waals surface area contributed by atoms with Crippen molar-refractivity contribution in [3.63, 3.8) is 0 Å². The summed E-state index contributed by atoms with van der Waals surface area (Å²) in [5.41, 5.74) is 0.639. The quantitative estimate of drug-likeness (QED) is 0.894. The second-order valence-electron chi connectivity index (χ2n) is 3.37. The van der Waals surface area contributed by atoms with Gasteiger partial charge in [-0.1, -0.05) is 39.8 Å². The fourth-order valence-corrected chi connectivity index (χ4v) is 2.03. The third-order valence-electron chi connectivity index (χ3n) is 2.03. The fourth-order valence-electron chi connectivity index (χ4n) is 1.18. The topological polar surface area (TPSA) is 57.5 Å². The van der Waals surface area contributed by atoms with Crippen molar-refractivity contribution in [1.82, 2.24) is 0 Å². The van der Waals surface area contributed by atoms with Crippen LogP contribution in [0.15, 0.2) is 28.7 Å². The molecule has 3 nitrogen and oxygen atoms in total. The minimum absolute atomic E-state index is 0.0675. The SMILES string of the molecule is CC(=O)SCC(O)C(O)c1ccc(Br)cc1. The third kappa shape index (κ3) is 4.25. The molecule has 0 radical (unpaired) electrons. The molecule has 5 heteroatoms. The average Bonchev–Trinajstić information content (AvgIpc) is 2.26. The molecule has 0 amide bonds. The van der Waals surface area contributed by atoms with Crippen LogP contribution in [0.25, 0.3) is 0 Å². The number of thioether (sulfide) groups is 1. The van der Waals surface area contributed by atoms with Gasteiger partial charge in [0.1, 0.15) is 6.10 Å². The van der Waals surface area contributed by atoms with Crippen LogP contribution in [0.4, 0.5) is 0 Å². The Bertz CT molecular complexity index is 353. The van der Waals surface area contributed by atoms with Gasteiger partial charge in [-0.15, -0.1) is 0 Å². The first kappa shape index (κ1) is 13.7. The van der Waals surface area contributed by atoms with Gasteiger partial charge in [0.25, 0.3) is 0 Å². The van der Waals surface area contributed by atoms with E-state index in [1.54, 1.807) is 24.3 Å². The maximum atomic E-state index is 10.7. The maximum Gasteiger partial charge on any atom is 0.185 e. The van der Waals surface area contributed by atoms with E-state index in [-0.39, 0.29) is 10.9 Å². The summed E-state index contributed by atoms with van der Waals surface area (Å²) in [6, 6.07) is 7.06. The molecule has 0 spiro atoms. The van der Waals surface area contributed by atoms with Gasteiger partial charge >= 0.3 is 0 Å². The lowest BCUT2D eigenvalue weighted by Gasteiger charge is -2.17. The second-order valence-corrected chi connectivity index (χ2v) is 5.48. The number of rotatable bonds is 4.